The molecule has 0 radical (unpaired) electrons. The highest BCUT2D eigenvalue weighted by atomic mass is 32.2. The van der Waals surface area contributed by atoms with Crippen molar-refractivity contribution in [2.24, 2.45) is 5.92 Å². The van der Waals surface area contributed by atoms with Crippen LogP contribution in [-0.4, -0.2) is 31.7 Å². The summed E-state index contributed by atoms with van der Waals surface area (Å²) in [6.45, 7) is 5.51. The third-order valence-corrected chi connectivity index (χ3v) is 7.42. The molecule has 162 valence electrons. The number of amides is 1. The normalized spacial score (nSPS) is 16.0. The van der Waals surface area contributed by atoms with Gasteiger partial charge in [0.2, 0.25) is 15.9 Å². The number of rotatable bonds is 9. The number of benzene rings is 2. The van der Waals surface area contributed by atoms with E-state index in [0.717, 1.165) is 30.4 Å². The molecule has 1 aliphatic rings. The van der Waals surface area contributed by atoms with Gasteiger partial charge in [0.25, 0.3) is 0 Å². The molecule has 1 unspecified atom stereocenters. The third kappa shape index (κ3) is 5.92. The Morgan fingerprint density at radius 1 is 1.00 bits per heavy atom. The van der Waals surface area contributed by atoms with Gasteiger partial charge in [0, 0.05) is 19.5 Å². The smallest absolute Gasteiger partial charge is 0.243 e. The van der Waals surface area contributed by atoms with Crippen LogP contribution in [0.3, 0.4) is 0 Å². The van der Waals surface area contributed by atoms with Crippen LogP contribution in [0.1, 0.15) is 56.7 Å². The van der Waals surface area contributed by atoms with Crippen molar-refractivity contribution < 1.29 is 13.2 Å². The molecule has 1 atom stereocenters. The SMILES string of the molecule is CC(C)CC(NC(=O)CCc1ccc(S(=O)(=O)N2CCCC2)cc1)c1ccccc1. The van der Waals surface area contributed by atoms with Crippen LogP contribution in [0.15, 0.2) is 59.5 Å². The molecule has 2 aromatic rings. The molecule has 30 heavy (non-hydrogen) atoms. The lowest BCUT2D eigenvalue weighted by Crippen LogP contribution is -2.29. The number of nitrogens with one attached hydrogen (secondary N) is 1. The lowest BCUT2D eigenvalue weighted by molar-refractivity contribution is -0.121. The molecular formula is C24H32N2O3S. The predicted octanol–water partition coefficient (Wildman–Crippen LogP) is 4.31. The zero-order valence-corrected chi connectivity index (χ0v) is 18.7. The fourth-order valence-electron chi connectivity index (χ4n) is 3.87. The van der Waals surface area contributed by atoms with Crippen LogP contribution < -0.4 is 5.32 Å². The summed E-state index contributed by atoms with van der Waals surface area (Å²) in [4.78, 5) is 12.9. The zero-order valence-electron chi connectivity index (χ0n) is 17.9. The van der Waals surface area contributed by atoms with Gasteiger partial charge in [-0.2, -0.15) is 4.31 Å². The van der Waals surface area contributed by atoms with Gasteiger partial charge in [-0.3, -0.25) is 4.79 Å². The van der Waals surface area contributed by atoms with Crippen LogP contribution >= 0.6 is 0 Å². The van der Waals surface area contributed by atoms with Crippen molar-refractivity contribution in [1.82, 2.24) is 9.62 Å². The van der Waals surface area contributed by atoms with Crippen molar-refractivity contribution in [2.45, 2.75) is 56.9 Å². The molecule has 5 nitrogen and oxygen atoms in total. The summed E-state index contributed by atoms with van der Waals surface area (Å²) in [6.07, 6.45) is 3.69. The minimum Gasteiger partial charge on any atom is -0.349 e. The number of sulfonamides is 1. The van der Waals surface area contributed by atoms with E-state index in [1.165, 1.54) is 0 Å². The number of hydrogen-bond acceptors (Lipinski definition) is 3. The van der Waals surface area contributed by atoms with Crippen LogP contribution in [0.4, 0.5) is 0 Å². The number of carbonyl (C=O) groups excluding carboxylic acids is 1. The van der Waals surface area contributed by atoms with Gasteiger partial charge >= 0.3 is 0 Å². The molecule has 3 rings (SSSR count). The molecule has 0 saturated carbocycles. The number of hydrogen-bond donors (Lipinski definition) is 1. The molecule has 1 fully saturated rings. The fourth-order valence-corrected chi connectivity index (χ4v) is 5.38. The second-order valence-electron chi connectivity index (χ2n) is 8.42. The maximum Gasteiger partial charge on any atom is 0.243 e. The topological polar surface area (TPSA) is 66.5 Å². The lowest BCUT2D eigenvalue weighted by atomic mass is 9.96. The second-order valence-corrected chi connectivity index (χ2v) is 10.4. The van der Waals surface area contributed by atoms with E-state index in [-0.39, 0.29) is 11.9 Å². The Hall–Kier alpha value is -2.18. The molecule has 0 bridgehead atoms. The summed E-state index contributed by atoms with van der Waals surface area (Å²) in [7, 11) is -3.39. The highest BCUT2D eigenvalue weighted by Crippen LogP contribution is 2.23. The monoisotopic (exact) mass is 428 g/mol. The van der Waals surface area contributed by atoms with Gasteiger partial charge in [0.1, 0.15) is 0 Å². The molecule has 2 aromatic carbocycles. The first-order valence-corrected chi connectivity index (χ1v) is 12.2. The number of carbonyl (C=O) groups is 1. The first kappa shape index (κ1) is 22.5. The van der Waals surface area contributed by atoms with E-state index in [1.54, 1.807) is 16.4 Å². The molecule has 1 N–H and O–H groups in total. The molecule has 0 aliphatic carbocycles. The standard InChI is InChI=1S/C24H32N2O3S/c1-19(2)18-23(21-8-4-3-5-9-21)25-24(27)15-12-20-10-13-22(14-11-20)30(28,29)26-16-6-7-17-26/h3-5,8-11,13-14,19,23H,6-7,12,15-18H2,1-2H3,(H,25,27). The Kier molecular flexibility index (Phi) is 7.67. The Bertz CT molecular complexity index is 919. The Morgan fingerprint density at radius 3 is 2.23 bits per heavy atom. The van der Waals surface area contributed by atoms with Crippen molar-refractivity contribution in [3.63, 3.8) is 0 Å². The van der Waals surface area contributed by atoms with E-state index in [4.69, 9.17) is 0 Å². The first-order chi connectivity index (χ1) is 14.4. The average molecular weight is 429 g/mol. The molecule has 0 aromatic heterocycles. The van der Waals surface area contributed by atoms with Crippen LogP contribution in [0.25, 0.3) is 0 Å². The highest BCUT2D eigenvalue weighted by molar-refractivity contribution is 7.89. The molecule has 1 saturated heterocycles. The number of nitrogens with zero attached hydrogens (tertiary/aromatic N) is 1. The van der Waals surface area contributed by atoms with Gasteiger partial charge in [0.15, 0.2) is 0 Å². The minimum atomic E-state index is -3.39. The fraction of sp³-hybridized carbons (Fsp3) is 0.458. The van der Waals surface area contributed by atoms with Crippen molar-refractivity contribution in [2.75, 3.05) is 13.1 Å². The quantitative estimate of drug-likeness (QED) is 0.647. The predicted molar refractivity (Wildman–Crippen MR) is 120 cm³/mol. The second kappa shape index (κ2) is 10.2. The van der Waals surface area contributed by atoms with Crippen molar-refractivity contribution in [1.29, 1.82) is 0 Å². The Labute approximate surface area is 180 Å². The van der Waals surface area contributed by atoms with Crippen molar-refractivity contribution in [3.8, 4) is 0 Å². The van der Waals surface area contributed by atoms with Gasteiger partial charge in [0.05, 0.1) is 10.9 Å². The van der Waals surface area contributed by atoms with Crippen LogP contribution in [-0.2, 0) is 21.2 Å². The first-order valence-electron chi connectivity index (χ1n) is 10.8. The summed E-state index contributed by atoms with van der Waals surface area (Å²) in [5.41, 5.74) is 2.08. The van der Waals surface area contributed by atoms with E-state index in [0.29, 0.717) is 36.7 Å². The maximum atomic E-state index is 12.6. The van der Waals surface area contributed by atoms with Crippen LogP contribution in [0.5, 0.6) is 0 Å². The molecule has 1 aliphatic heterocycles. The van der Waals surface area contributed by atoms with Gasteiger partial charge in [-0.1, -0.05) is 56.3 Å². The van der Waals surface area contributed by atoms with Crippen molar-refractivity contribution in [3.05, 3.63) is 65.7 Å². The van der Waals surface area contributed by atoms with E-state index >= 15 is 0 Å². The van der Waals surface area contributed by atoms with E-state index in [1.807, 2.05) is 42.5 Å². The van der Waals surface area contributed by atoms with E-state index < -0.39 is 10.0 Å². The van der Waals surface area contributed by atoms with Crippen LogP contribution in [0, 0.1) is 5.92 Å². The largest absolute Gasteiger partial charge is 0.349 e. The van der Waals surface area contributed by atoms with Crippen LogP contribution in [0.2, 0.25) is 0 Å². The molecule has 6 heteroatoms. The van der Waals surface area contributed by atoms with E-state index in [9.17, 15) is 13.2 Å². The Balaban J connectivity index is 1.57. The average Bonchev–Trinajstić information content (AvgIpc) is 3.28. The lowest BCUT2D eigenvalue weighted by Gasteiger charge is -2.21. The summed E-state index contributed by atoms with van der Waals surface area (Å²) in [5.74, 6) is 0.485. The summed E-state index contributed by atoms with van der Waals surface area (Å²) < 4.78 is 26.8. The van der Waals surface area contributed by atoms with Gasteiger partial charge in [-0.15, -0.1) is 0 Å². The maximum absolute atomic E-state index is 12.6. The number of aryl methyl sites for hydroxylation is 1. The summed E-state index contributed by atoms with van der Waals surface area (Å²) >= 11 is 0. The van der Waals surface area contributed by atoms with Crippen molar-refractivity contribution >= 4 is 15.9 Å². The third-order valence-electron chi connectivity index (χ3n) is 5.51. The molecule has 1 amide bonds. The summed E-state index contributed by atoms with van der Waals surface area (Å²) in [6, 6.07) is 17.0. The molecule has 0 spiro atoms. The van der Waals surface area contributed by atoms with Gasteiger partial charge in [-0.05, 0) is 54.9 Å². The Morgan fingerprint density at radius 2 is 1.63 bits per heavy atom. The zero-order chi connectivity index (χ0) is 21.6. The minimum absolute atomic E-state index is 0.00619. The molecular weight excluding hydrogens is 396 g/mol. The summed E-state index contributed by atoms with van der Waals surface area (Å²) in [5, 5.41) is 3.17. The highest BCUT2D eigenvalue weighted by Gasteiger charge is 2.26. The van der Waals surface area contributed by atoms with Gasteiger partial charge in [-0.25, -0.2) is 8.42 Å². The van der Waals surface area contributed by atoms with Gasteiger partial charge < -0.3 is 5.32 Å². The molecule has 1 heterocycles. The van der Waals surface area contributed by atoms with E-state index in [2.05, 4.69) is 19.2 Å².